The lowest BCUT2D eigenvalue weighted by Crippen LogP contribution is -2.20. The Balaban J connectivity index is 2.16. The first-order chi connectivity index (χ1) is 11.8. The average molecular weight is 532 g/mol. The van der Waals surface area contributed by atoms with Crippen molar-refractivity contribution in [3.63, 3.8) is 0 Å². The zero-order chi connectivity index (χ0) is 18.3. The number of anilines is 2. The van der Waals surface area contributed by atoms with Crippen LogP contribution in [0.4, 0.5) is 11.4 Å². The predicted octanol–water partition coefficient (Wildman–Crippen LogP) is 5.22. The summed E-state index contributed by atoms with van der Waals surface area (Å²) in [5.74, 6) is 0.0239. The normalized spacial score (nSPS) is 10.9. The summed E-state index contributed by atoms with van der Waals surface area (Å²) in [6.07, 6.45) is 0. The molecule has 5 nitrogen and oxygen atoms in total. The molecule has 0 bridgehead atoms. The van der Waals surface area contributed by atoms with Crippen molar-refractivity contribution in [3.8, 4) is 11.4 Å². The molecule has 0 atom stereocenters. The molecule has 3 aromatic rings. The van der Waals surface area contributed by atoms with Crippen molar-refractivity contribution in [1.82, 2.24) is 9.36 Å². The Bertz CT molecular complexity index is 1010. The number of aromatic hydroxyl groups is 1. The van der Waals surface area contributed by atoms with E-state index in [1.54, 1.807) is 15.4 Å². The average Bonchev–Trinajstić information content (AvgIpc) is 2.80. The Kier molecular flexibility index (Phi) is 5.13. The highest BCUT2D eigenvalue weighted by Gasteiger charge is 2.20. The maximum atomic E-state index is 13.0. The van der Waals surface area contributed by atoms with E-state index in [1.807, 2.05) is 44.3 Å². The Morgan fingerprint density at radius 2 is 1.68 bits per heavy atom. The van der Waals surface area contributed by atoms with E-state index < -0.39 is 0 Å². The zero-order valence-electron chi connectivity index (χ0n) is 13.3. The van der Waals surface area contributed by atoms with Gasteiger partial charge in [-0.15, -0.1) is 0 Å². The molecule has 2 aromatic carbocycles. The molecule has 1 aromatic heterocycles. The molecule has 0 saturated carbocycles. The number of hydrogen-bond acceptors (Lipinski definition) is 3. The van der Waals surface area contributed by atoms with E-state index in [2.05, 4.69) is 53.1 Å². The van der Waals surface area contributed by atoms with Gasteiger partial charge in [-0.3, -0.25) is 9.48 Å². The second kappa shape index (κ2) is 7.01. The van der Waals surface area contributed by atoms with Gasteiger partial charge in [-0.2, -0.15) is 0 Å². The van der Waals surface area contributed by atoms with Crippen molar-refractivity contribution in [1.29, 1.82) is 0 Å². The van der Waals surface area contributed by atoms with E-state index >= 15 is 0 Å². The number of phenols is 1. The third-order valence-corrected chi connectivity index (χ3v) is 7.25. The van der Waals surface area contributed by atoms with Crippen molar-refractivity contribution in [2.75, 3.05) is 5.32 Å². The molecule has 0 aliphatic carbocycles. The molecule has 0 aliphatic heterocycles. The highest BCUT2D eigenvalue weighted by atomic mass is 79.9. The first-order valence-electron chi connectivity index (χ1n) is 7.30. The maximum absolute atomic E-state index is 13.0. The number of nitrogens with one attached hydrogen (secondary N) is 1. The lowest BCUT2D eigenvalue weighted by molar-refractivity contribution is 0.477. The fourth-order valence-electron chi connectivity index (χ4n) is 2.54. The van der Waals surface area contributed by atoms with Crippen LogP contribution in [0.25, 0.3) is 5.69 Å². The molecule has 0 aliphatic rings. The Morgan fingerprint density at radius 3 is 2.32 bits per heavy atom. The van der Waals surface area contributed by atoms with Gasteiger partial charge in [-0.25, -0.2) is 4.68 Å². The molecular weight excluding hydrogens is 518 g/mol. The summed E-state index contributed by atoms with van der Waals surface area (Å²) in [5, 5.41) is 13.3. The lowest BCUT2D eigenvalue weighted by atomic mass is 10.2. The van der Waals surface area contributed by atoms with E-state index in [0.717, 1.165) is 15.9 Å². The molecule has 8 heteroatoms. The van der Waals surface area contributed by atoms with E-state index in [9.17, 15) is 9.90 Å². The van der Waals surface area contributed by atoms with Crippen molar-refractivity contribution < 1.29 is 5.11 Å². The van der Waals surface area contributed by atoms with Crippen LogP contribution in [0.5, 0.6) is 5.75 Å². The highest BCUT2D eigenvalue weighted by molar-refractivity contribution is 9.14. The summed E-state index contributed by atoms with van der Waals surface area (Å²) in [6.45, 7) is 1.85. The van der Waals surface area contributed by atoms with Gasteiger partial charge in [0.2, 0.25) is 0 Å². The summed E-state index contributed by atoms with van der Waals surface area (Å²) in [6, 6.07) is 11.0. The minimum atomic E-state index is -0.198. The minimum Gasteiger partial charge on any atom is -0.506 e. The van der Waals surface area contributed by atoms with E-state index in [0.29, 0.717) is 20.3 Å². The third kappa shape index (κ3) is 3.18. The summed E-state index contributed by atoms with van der Waals surface area (Å²) < 4.78 is 5.42. The first kappa shape index (κ1) is 18.3. The van der Waals surface area contributed by atoms with Gasteiger partial charge in [-0.1, -0.05) is 18.2 Å². The van der Waals surface area contributed by atoms with Gasteiger partial charge in [0, 0.05) is 16.0 Å². The summed E-state index contributed by atoms with van der Waals surface area (Å²) in [7, 11) is 1.82. The predicted molar refractivity (Wildman–Crippen MR) is 110 cm³/mol. The fraction of sp³-hybridized carbons (Fsp3) is 0.118. The third-order valence-electron chi connectivity index (χ3n) is 3.95. The van der Waals surface area contributed by atoms with Crippen LogP contribution in [0, 0.1) is 6.92 Å². The minimum absolute atomic E-state index is 0.0239. The number of rotatable bonds is 3. The Morgan fingerprint density at radius 1 is 1.04 bits per heavy atom. The van der Waals surface area contributed by atoms with Gasteiger partial charge in [0.05, 0.1) is 21.5 Å². The number of aromatic nitrogens is 2. The molecule has 130 valence electrons. The van der Waals surface area contributed by atoms with Gasteiger partial charge < -0.3 is 10.4 Å². The SMILES string of the molecule is Cc1c(Nc2c(O)cc(Br)c(Br)c2Br)c(=O)n(-c2ccccc2)n1C. The number of para-hydroxylation sites is 1. The monoisotopic (exact) mass is 529 g/mol. The van der Waals surface area contributed by atoms with E-state index in [1.165, 1.54) is 0 Å². The molecular formula is C17H14Br3N3O2. The number of hydrogen-bond donors (Lipinski definition) is 2. The van der Waals surface area contributed by atoms with Crippen LogP contribution >= 0.6 is 47.8 Å². The lowest BCUT2D eigenvalue weighted by Gasteiger charge is -2.12. The topological polar surface area (TPSA) is 59.2 Å². The molecule has 0 fully saturated rings. The van der Waals surface area contributed by atoms with Crippen LogP contribution in [0.2, 0.25) is 0 Å². The van der Waals surface area contributed by atoms with Crippen LogP contribution in [0.3, 0.4) is 0 Å². The van der Waals surface area contributed by atoms with Gasteiger partial charge in [0.15, 0.2) is 0 Å². The number of benzene rings is 2. The number of halogens is 3. The number of nitrogens with zero attached hydrogens (tertiary/aromatic N) is 2. The maximum Gasteiger partial charge on any atom is 0.295 e. The Labute approximate surface area is 169 Å². The van der Waals surface area contributed by atoms with Crippen LogP contribution in [0.15, 0.2) is 54.6 Å². The Hall–Kier alpha value is -1.51. The quantitative estimate of drug-likeness (QED) is 0.360. The summed E-state index contributed by atoms with van der Waals surface area (Å²) in [5.41, 5.74) is 2.14. The second-order valence-electron chi connectivity index (χ2n) is 5.44. The van der Waals surface area contributed by atoms with Gasteiger partial charge in [0.1, 0.15) is 11.4 Å². The molecule has 0 amide bonds. The second-order valence-corrected chi connectivity index (χ2v) is 7.88. The summed E-state index contributed by atoms with van der Waals surface area (Å²) in [4.78, 5) is 13.0. The van der Waals surface area contributed by atoms with Gasteiger partial charge in [-0.05, 0) is 72.9 Å². The molecule has 3 rings (SSSR count). The van der Waals surface area contributed by atoms with Crippen molar-refractivity contribution in [3.05, 3.63) is 65.9 Å². The van der Waals surface area contributed by atoms with Crippen LogP contribution < -0.4 is 10.9 Å². The van der Waals surface area contributed by atoms with E-state index in [-0.39, 0.29) is 11.3 Å². The molecule has 1 heterocycles. The van der Waals surface area contributed by atoms with Crippen molar-refractivity contribution in [2.45, 2.75) is 6.92 Å². The standard InChI is InChI=1S/C17H14Br3N3O2/c1-9-15(21-16-12(24)8-11(18)13(19)14(16)20)17(25)23(22(9)2)10-6-4-3-5-7-10/h3-8,21,24H,1-2H3. The molecule has 25 heavy (non-hydrogen) atoms. The summed E-state index contributed by atoms with van der Waals surface area (Å²) >= 11 is 10.2. The molecule has 2 N–H and O–H groups in total. The smallest absolute Gasteiger partial charge is 0.295 e. The molecule has 0 radical (unpaired) electrons. The van der Waals surface area contributed by atoms with Crippen molar-refractivity contribution in [2.24, 2.45) is 7.05 Å². The van der Waals surface area contributed by atoms with Crippen molar-refractivity contribution >= 4 is 59.2 Å². The van der Waals surface area contributed by atoms with Crippen LogP contribution in [-0.4, -0.2) is 14.5 Å². The van der Waals surface area contributed by atoms with E-state index in [4.69, 9.17) is 0 Å². The zero-order valence-corrected chi connectivity index (χ0v) is 18.1. The van der Waals surface area contributed by atoms with Gasteiger partial charge >= 0.3 is 0 Å². The molecule has 0 saturated heterocycles. The largest absolute Gasteiger partial charge is 0.506 e. The number of phenolic OH excluding ortho intramolecular Hbond substituents is 1. The van der Waals surface area contributed by atoms with Crippen LogP contribution in [0.1, 0.15) is 5.69 Å². The van der Waals surface area contributed by atoms with Crippen LogP contribution in [-0.2, 0) is 7.05 Å². The highest BCUT2D eigenvalue weighted by Crippen LogP contribution is 2.43. The fourth-order valence-corrected chi connectivity index (χ4v) is 4.05. The first-order valence-corrected chi connectivity index (χ1v) is 9.68. The van der Waals surface area contributed by atoms with Gasteiger partial charge in [0.25, 0.3) is 5.56 Å². The molecule has 0 unspecified atom stereocenters. The molecule has 0 spiro atoms.